The zero-order valence-corrected chi connectivity index (χ0v) is 16.1. The lowest BCUT2D eigenvalue weighted by Gasteiger charge is -2.07. The van der Waals surface area contributed by atoms with Crippen molar-refractivity contribution in [3.63, 3.8) is 0 Å². The number of para-hydroxylation sites is 1. The van der Waals surface area contributed by atoms with Gasteiger partial charge >= 0.3 is 0 Å². The lowest BCUT2D eigenvalue weighted by molar-refractivity contribution is 0.618. The molecule has 0 fully saturated rings. The van der Waals surface area contributed by atoms with Crippen LogP contribution < -0.4 is 5.36 Å². The van der Waals surface area contributed by atoms with Gasteiger partial charge in [-0.25, -0.2) is 4.99 Å². The van der Waals surface area contributed by atoms with Gasteiger partial charge in [0, 0.05) is 22.0 Å². The first-order chi connectivity index (χ1) is 13.1. The third-order valence-electron chi connectivity index (χ3n) is 4.64. The van der Waals surface area contributed by atoms with Crippen molar-refractivity contribution in [3.8, 4) is 11.3 Å². The van der Waals surface area contributed by atoms with Crippen LogP contribution in [-0.2, 0) is 6.42 Å². The Bertz CT molecular complexity index is 1170. The maximum absolute atomic E-state index is 6.17. The molecule has 27 heavy (non-hydrogen) atoms. The molecule has 0 aliphatic heterocycles. The number of rotatable bonds is 3. The monoisotopic (exact) mass is 373 g/mol. The van der Waals surface area contributed by atoms with Gasteiger partial charge in [0.25, 0.3) is 0 Å². The highest BCUT2D eigenvalue weighted by molar-refractivity contribution is 6.30. The highest BCUT2D eigenvalue weighted by Crippen LogP contribution is 2.25. The van der Waals surface area contributed by atoms with Crippen LogP contribution in [0.15, 0.2) is 82.2 Å². The van der Waals surface area contributed by atoms with Crippen molar-refractivity contribution < 1.29 is 4.42 Å². The molecule has 0 saturated heterocycles. The Morgan fingerprint density at radius 2 is 1.70 bits per heavy atom. The molecule has 4 aromatic rings. The van der Waals surface area contributed by atoms with Crippen LogP contribution in [0.5, 0.6) is 0 Å². The fourth-order valence-corrected chi connectivity index (χ4v) is 3.31. The summed E-state index contributed by atoms with van der Waals surface area (Å²) in [6, 6.07) is 24.1. The minimum atomic E-state index is 0.706. The summed E-state index contributed by atoms with van der Waals surface area (Å²) in [4.78, 5) is 5.00. The standard InChI is InChI=1S/C24H20ClNO/c1-3-17-6-4-5-7-21(17)26-22-15-24(18-9-11-19(25)12-10-18)27-23-13-8-16(2)14-20(22)23/h4-15H,3H2,1-2H3. The molecule has 2 nitrogen and oxygen atoms in total. The highest BCUT2D eigenvalue weighted by atomic mass is 35.5. The summed E-state index contributed by atoms with van der Waals surface area (Å²) in [5.41, 5.74) is 5.20. The van der Waals surface area contributed by atoms with E-state index in [1.165, 1.54) is 11.1 Å². The Labute approximate surface area is 163 Å². The largest absolute Gasteiger partial charge is 0.456 e. The minimum absolute atomic E-state index is 0.706. The van der Waals surface area contributed by atoms with Crippen LogP contribution in [0.1, 0.15) is 18.1 Å². The number of halogens is 1. The van der Waals surface area contributed by atoms with Gasteiger partial charge in [-0.3, -0.25) is 0 Å². The Hall–Kier alpha value is -2.84. The molecule has 0 saturated carbocycles. The second-order valence-electron chi connectivity index (χ2n) is 6.60. The zero-order valence-electron chi connectivity index (χ0n) is 15.4. The van der Waals surface area contributed by atoms with Crippen molar-refractivity contribution in [2.24, 2.45) is 4.99 Å². The van der Waals surface area contributed by atoms with E-state index in [2.05, 4.69) is 44.2 Å². The predicted octanol–water partition coefficient (Wildman–Crippen LogP) is 6.86. The van der Waals surface area contributed by atoms with Gasteiger partial charge in [0.15, 0.2) is 0 Å². The third kappa shape index (κ3) is 3.67. The van der Waals surface area contributed by atoms with Crippen LogP contribution in [0, 0.1) is 6.92 Å². The second-order valence-corrected chi connectivity index (χ2v) is 7.03. The fourth-order valence-electron chi connectivity index (χ4n) is 3.18. The van der Waals surface area contributed by atoms with Gasteiger partial charge in [-0.05, 0) is 61.4 Å². The van der Waals surface area contributed by atoms with Gasteiger partial charge < -0.3 is 4.42 Å². The summed E-state index contributed by atoms with van der Waals surface area (Å²) in [6.45, 7) is 4.23. The number of nitrogens with zero attached hydrogens (tertiary/aromatic N) is 1. The third-order valence-corrected chi connectivity index (χ3v) is 4.89. The Kier molecular flexibility index (Phi) is 4.83. The van der Waals surface area contributed by atoms with E-state index in [4.69, 9.17) is 21.0 Å². The Balaban J connectivity index is 2.01. The van der Waals surface area contributed by atoms with Crippen molar-refractivity contribution in [1.82, 2.24) is 0 Å². The summed E-state index contributed by atoms with van der Waals surface area (Å²) >= 11 is 6.03. The number of hydrogen-bond donors (Lipinski definition) is 0. The molecule has 0 N–H and O–H groups in total. The van der Waals surface area contributed by atoms with E-state index in [-0.39, 0.29) is 0 Å². The lowest BCUT2D eigenvalue weighted by atomic mass is 10.1. The molecule has 0 aliphatic rings. The van der Waals surface area contributed by atoms with E-state index < -0.39 is 0 Å². The molecule has 4 rings (SSSR count). The molecule has 0 atom stereocenters. The van der Waals surface area contributed by atoms with Crippen molar-refractivity contribution in [2.45, 2.75) is 20.3 Å². The maximum atomic E-state index is 6.17. The molecule has 3 heteroatoms. The smallest absolute Gasteiger partial charge is 0.136 e. The molecule has 1 heterocycles. The normalized spacial score (nSPS) is 11.9. The predicted molar refractivity (Wildman–Crippen MR) is 112 cm³/mol. The average molecular weight is 374 g/mol. The zero-order chi connectivity index (χ0) is 18.8. The fraction of sp³-hybridized carbons (Fsp3) is 0.125. The summed E-state index contributed by atoms with van der Waals surface area (Å²) in [7, 11) is 0. The van der Waals surface area contributed by atoms with Gasteiger partial charge in [-0.15, -0.1) is 0 Å². The van der Waals surface area contributed by atoms with Crippen LogP contribution in [0.25, 0.3) is 22.3 Å². The first-order valence-electron chi connectivity index (χ1n) is 9.07. The van der Waals surface area contributed by atoms with Gasteiger partial charge in [0.1, 0.15) is 11.3 Å². The van der Waals surface area contributed by atoms with Gasteiger partial charge in [0.2, 0.25) is 0 Å². The van der Waals surface area contributed by atoms with Crippen LogP contribution in [-0.4, -0.2) is 0 Å². The van der Waals surface area contributed by atoms with E-state index in [1.807, 2.05) is 42.5 Å². The summed E-state index contributed by atoms with van der Waals surface area (Å²) in [5, 5.41) is 2.63. The SMILES string of the molecule is CCc1ccccc1N=c1cc(-c2ccc(Cl)cc2)oc2ccc(C)cc12. The minimum Gasteiger partial charge on any atom is -0.456 e. The first-order valence-corrected chi connectivity index (χ1v) is 9.45. The Morgan fingerprint density at radius 3 is 2.48 bits per heavy atom. The van der Waals surface area contributed by atoms with Crippen LogP contribution in [0.3, 0.4) is 0 Å². The highest BCUT2D eigenvalue weighted by Gasteiger charge is 2.07. The molecular weight excluding hydrogens is 354 g/mol. The molecule has 3 aromatic carbocycles. The van der Waals surface area contributed by atoms with Crippen molar-refractivity contribution >= 4 is 28.3 Å². The second kappa shape index (κ2) is 7.42. The summed E-state index contributed by atoms with van der Waals surface area (Å²) in [5.74, 6) is 0.774. The topological polar surface area (TPSA) is 25.5 Å². The first kappa shape index (κ1) is 17.6. The quantitative estimate of drug-likeness (QED) is 0.385. The number of fused-ring (bicyclic) bond motifs is 1. The van der Waals surface area contributed by atoms with E-state index in [9.17, 15) is 0 Å². The summed E-state index contributed by atoms with van der Waals surface area (Å²) in [6.07, 6.45) is 0.942. The summed E-state index contributed by atoms with van der Waals surface area (Å²) < 4.78 is 6.17. The van der Waals surface area contributed by atoms with Crippen LogP contribution in [0.2, 0.25) is 5.02 Å². The average Bonchev–Trinajstić information content (AvgIpc) is 2.69. The molecule has 0 aliphatic carbocycles. The molecule has 0 unspecified atom stereocenters. The number of aryl methyl sites for hydroxylation is 2. The molecule has 1 aromatic heterocycles. The van der Waals surface area contributed by atoms with E-state index in [1.54, 1.807) is 0 Å². The number of benzene rings is 3. The number of hydrogen-bond acceptors (Lipinski definition) is 2. The molecule has 0 radical (unpaired) electrons. The Morgan fingerprint density at radius 1 is 0.926 bits per heavy atom. The molecule has 0 amide bonds. The van der Waals surface area contributed by atoms with Crippen LogP contribution >= 0.6 is 11.6 Å². The van der Waals surface area contributed by atoms with Gasteiger partial charge in [-0.2, -0.15) is 0 Å². The van der Waals surface area contributed by atoms with Crippen molar-refractivity contribution in [3.05, 3.63) is 94.3 Å². The molecule has 134 valence electrons. The van der Waals surface area contributed by atoms with Gasteiger partial charge in [0.05, 0.1) is 11.0 Å². The van der Waals surface area contributed by atoms with E-state index >= 15 is 0 Å². The van der Waals surface area contributed by atoms with Gasteiger partial charge in [-0.1, -0.05) is 48.4 Å². The van der Waals surface area contributed by atoms with E-state index in [0.717, 1.165) is 39.8 Å². The van der Waals surface area contributed by atoms with E-state index in [0.29, 0.717) is 5.02 Å². The molecular formula is C24H20ClNO. The van der Waals surface area contributed by atoms with Crippen molar-refractivity contribution in [1.29, 1.82) is 0 Å². The molecule has 0 bridgehead atoms. The molecule has 0 spiro atoms. The maximum Gasteiger partial charge on any atom is 0.136 e. The van der Waals surface area contributed by atoms with Crippen molar-refractivity contribution in [2.75, 3.05) is 0 Å². The van der Waals surface area contributed by atoms with Crippen LogP contribution in [0.4, 0.5) is 5.69 Å². The lowest BCUT2D eigenvalue weighted by Crippen LogP contribution is -2.04.